The Bertz CT molecular complexity index is 663. The first-order valence-corrected chi connectivity index (χ1v) is 9.16. The molecule has 1 aromatic heterocycles. The van der Waals surface area contributed by atoms with Gasteiger partial charge in [-0.2, -0.15) is 0 Å². The number of halogens is 2. The lowest BCUT2D eigenvalue weighted by atomic mass is 10.2. The van der Waals surface area contributed by atoms with E-state index in [4.69, 9.17) is 11.6 Å². The number of hydrogen-bond donors (Lipinski definition) is 1. The van der Waals surface area contributed by atoms with Gasteiger partial charge in [-0.3, -0.25) is 10.1 Å². The highest BCUT2D eigenvalue weighted by Gasteiger charge is 2.17. The summed E-state index contributed by atoms with van der Waals surface area (Å²) in [5, 5.41) is 4.26. The minimum absolute atomic E-state index is 0.125. The number of thiazole rings is 1. The monoisotopic (exact) mass is 432 g/mol. The quantitative estimate of drug-likeness (QED) is 0.540. The van der Waals surface area contributed by atoms with E-state index in [2.05, 4.69) is 32.9 Å². The van der Waals surface area contributed by atoms with Crippen LogP contribution in [0.1, 0.15) is 40.2 Å². The molecule has 1 aliphatic rings. The van der Waals surface area contributed by atoms with Crippen LogP contribution in [0.5, 0.6) is 0 Å². The van der Waals surface area contributed by atoms with Crippen LogP contribution in [0.2, 0.25) is 5.02 Å². The summed E-state index contributed by atoms with van der Waals surface area (Å²) in [6, 6.07) is 5.27. The maximum atomic E-state index is 12.3. The number of hydrogen-bond acceptors (Lipinski definition) is 3. The number of fused-ring (bicyclic) bond motifs is 1. The molecule has 2 aromatic rings. The first-order chi connectivity index (χ1) is 10.1. The number of aryl methyl sites for hydroxylation is 2. The SMILES string of the molecule is O=C(Nc1nc2c(s1)CCCCC2)c1ccc(Cl)cc1I. The fourth-order valence-electron chi connectivity index (χ4n) is 2.42. The lowest BCUT2D eigenvalue weighted by Gasteiger charge is -2.04. The number of rotatable bonds is 2. The largest absolute Gasteiger partial charge is 0.298 e. The molecule has 3 rings (SSSR count). The molecule has 1 N–H and O–H groups in total. The number of nitrogens with zero attached hydrogens (tertiary/aromatic N) is 1. The summed E-state index contributed by atoms with van der Waals surface area (Å²) in [5.41, 5.74) is 1.80. The number of amides is 1. The van der Waals surface area contributed by atoms with Gasteiger partial charge in [0.25, 0.3) is 5.91 Å². The van der Waals surface area contributed by atoms with Crippen molar-refractivity contribution in [1.29, 1.82) is 0 Å². The number of anilines is 1. The third-order valence-corrected chi connectivity index (χ3v) is 5.69. The number of aromatic nitrogens is 1. The maximum Gasteiger partial charge on any atom is 0.258 e. The van der Waals surface area contributed by atoms with Gasteiger partial charge in [-0.15, -0.1) is 11.3 Å². The van der Waals surface area contributed by atoms with Crippen LogP contribution in [-0.2, 0) is 12.8 Å². The normalized spacial score (nSPS) is 14.4. The van der Waals surface area contributed by atoms with Gasteiger partial charge in [0.05, 0.1) is 11.3 Å². The summed E-state index contributed by atoms with van der Waals surface area (Å²) < 4.78 is 0.843. The van der Waals surface area contributed by atoms with E-state index >= 15 is 0 Å². The third kappa shape index (κ3) is 3.57. The van der Waals surface area contributed by atoms with Crippen molar-refractivity contribution in [2.75, 3.05) is 5.32 Å². The second kappa shape index (κ2) is 6.62. The summed E-state index contributed by atoms with van der Waals surface area (Å²) in [6.45, 7) is 0. The van der Waals surface area contributed by atoms with Gasteiger partial charge in [0, 0.05) is 13.5 Å². The Morgan fingerprint density at radius 2 is 2.10 bits per heavy atom. The lowest BCUT2D eigenvalue weighted by Crippen LogP contribution is -2.13. The summed E-state index contributed by atoms with van der Waals surface area (Å²) in [6.07, 6.45) is 5.80. The highest BCUT2D eigenvalue weighted by molar-refractivity contribution is 14.1. The Hall–Kier alpha value is -0.660. The second-order valence-electron chi connectivity index (χ2n) is 5.03. The van der Waals surface area contributed by atoms with Crippen LogP contribution >= 0.6 is 45.5 Å². The minimum Gasteiger partial charge on any atom is -0.298 e. The molecule has 1 amide bonds. The van der Waals surface area contributed by atoms with Gasteiger partial charge in [-0.1, -0.05) is 18.0 Å². The standard InChI is InChI=1S/C15H14ClIN2OS/c16-9-6-7-10(11(17)8-9)14(20)19-15-18-12-4-2-1-3-5-13(12)21-15/h6-8H,1-5H2,(H,18,19,20). The molecule has 21 heavy (non-hydrogen) atoms. The van der Waals surface area contributed by atoms with Gasteiger partial charge in [0.1, 0.15) is 0 Å². The molecule has 110 valence electrons. The molecule has 1 aliphatic carbocycles. The topological polar surface area (TPSA) is 42.0 Å². The van der Waals surface area contributed by atoms with Crippen molar-refractivity contribution in [3.8, 4) is 0 Å². The minimum atomic E-state index is -0.125. The summed E-state index contributed by atoms with van der Waals surface area (Å²) >= 11 is 9.65. The molecule has 0 atom stereocenters. The maximum absolute atomic E-state index is 12.3. The average Bonchev–Trinajstić information content (AvgIpc) is 2.67. The first-order valence-electron chi connectivity index (χ1n) is 6.88. The highest BCUT2D eigenvalue weighted by Crippen LogP contribution is 2.29. The fourth-order valence-corrected chi connectivity index (χ4v) is 4.58. The number of benzene rings is 1. The highest BCUT2D eigenvalue weighted by atomic mass is 127. The van der Waals surface area contributed by atoms with Crippen LogP contribution < -0.4 is 5.32 Å². The van der Waals surface area contributed by atoms with Gasteiger partial charge in [0.15, 0.2) is 5.13 Å². The zero-order valence-electron chi connectivity index (χ0n) is 11.3. The molecule has 0 unspecified atom stereocenters. The van der Waals surface area contributed by atoms with Crippen molar-refractivity contribution in [2.24, 2.45) is 0 Å². The molecule has 0 fully saturated rings. The van der Waals surface area contributed by atoms with E-state index in [-0.39, 0.29) is 5.91 Å². The predicted molar refractivity (Wildman–Crippen MR) is 95.5 cm³/mol. The molecular formula is C15H14ClIN2OS. The summed E-state index contributed by atoms with van der Waals surface area (Å²) in [5.74, 6) is -0.125. The van der Waals surface area contributed by atoms with E-state index < -0.39 is 0 Å². The zero-order chi connectivity index (χ0) is 14.8. The fraction of sp³-hybridized carbons (Fsp3) is 0.333. The Morgan fingerprint density at radius 1 is 1.29 bits per heavy atom. The smallest absolute Gasteiger partial charge is 0.258 e. The predicted octanol–water partition coefficient (Wildman–Crippen LogP) is 4.92. The van der Waals surface area contributed by atoms with Crippen molar-refractivity contribution in [3.05, 3.63) is 42.9 Å². The van der Waals surface area contributed by atoms with Gasteiger partial charge >= 0.3 is 0 Å². The van der Waals surface area contributed by atoms with E-state index in [9.17, 15) is 4.79 Å². The van der Waals surface area contributed by atoms with E-state index in [0.29, 0.717) is 15.7 Å². The molecule has 3 nitrogen and oxygen atoms in total. The zero-order valence-corrected chi connectivity index (χ0v) is 15.0. The van der Waals surface area contributed by atoms with Crippen molar-refractivity contribution < 1.29 is 4.79 Å². The lowest BCUT2D eigenvalue weighted by molar-refractivity contribution is 0.102. The van der Waals surface area contributed by atoms with Crippen LogP contribution in [-0.4, -0.2) is 10.9 Å². The molecule has 0 spiro atoms. The van der Waals surface area contributed by atoms with E-state index in [0.717, 1.165) is 16.4 Å². The molecule has 1 heterocycles. The van der Waals surface area contributed by atoms with Gasteiger partial charge < -0.3 is 0 Å². The van der Waals surface area contributed by atoms with Crippen LogP contribution in [0.3, 0.4) is 0 Å². The number of nitrogens with one attached hydrogen (secondary N) is 1. The molecule has 1 aromatic carbocycles. The Morgan fingerprint density at radius 3 is 2.90 bits per heavy atom. The molecule has 0 saturated carbocycles. The Balaban J connectivity index is 1.78. The molecule has 0 bridgehead atoms. The molecule has 0 saturated heterocycles. The van der Waals surface area contributed by atoms with Crippen LogP contribution in [0.4, 0.5) is 5.13 Å². The summed E-state index contributed by atoms with van der Waals surface area (Å²) in [7, 11) is 0. The van der Waals surface area contributed by atoms with Crippen LogP contribution in [0.25, 0.3) is 0 Å². The first kappa shape index (κ1) is 15.2. The summed E-state index contributed by atoms with van der Waals surface area (Å²) in [4.78, 5) is 18.2. The Labute approximate surface area is 146 Å². The van der Waals surface area contributed by atoms with Crippen molar-refractivity contribution in [2.45, 2.75) is 32.1 Å². The third-order valence-electron chi connectivity index (χ3n) is 3.49. The molecule has 6 heteroatoms. The number of carbonyl (C=O) groups is 1. The Kier molecular flexibility index (Phi) is 4.81. The molecular weight excluding hydrogens is 419 g/mol. The van der Waals surface area contributed by atoms with E-state index in [1.807, 2.05) is 0 Å². The van der Waals surface area contributed by atoms with Gasteiger partial charge in [-0.05, 0) is 66.5 Å². The molecule has 0 aliphatic heterocycles. The average molecular weight is 433 g/mol. The van der Waals surface area contributed by atoms with E-state index in [1.54, 1.807) is 29.5 Å². The van der Waals surface area contributed by atoms with Crippen molar-refractivity contribution in [1.82, 2.24) is 4.98 Å². The van der Waals surface area contributed by atoms with E-state index in [1.165, 1.54) is 29.8 Å². The van der Waals surface area contributed by atoms with Gasteiger partial charge in [0.2, 0.25) is 0 Å². The second-order valence-corrected chi connectivity index (χ2v) is 7.71. The number of carbonyl (C=O) groups excluding carboxylic acids is 1. The van der Waals surface area contributed by atoms with Gasteiger partial charge in [-0.25, -0.2) is 4.98 Å². The van der Waals surface area contributed by atoms with Crippen LogP contribution in [0, 0.1) is 3.57 Å². The van der Waals surface area contributed by atoms with Crippen LogP contribution in [0.15, 0.2) is 18.2 Å². The van der Waals surface area contributed by atoms with Crippen molar-refractivity contribution in [3.63, 3.8) is 0 Å². The molecule has 0 radical (unpaired) electrons. The van der Waals surface area contributed by atoms with Crippen molar-refractivity contribution >= 4 is 56.6 Å².